The van der Waals surface area contributed by atoms with Crippen LogP contribution < -0.4 is 4.90 Å². The van der Waals surface area contributed by atoms with Crippen molar-refractivity contribution in [3.05, 3.63) is 70.4 Å². The van der Waals surface area contributed by atoms with Crippen LogP contribution in [0.1, 0.15) is 35.6 Å². The minimum absolute atomic E-state index is 0.0299. The molecule has 37 heavy (non-hydrogen) atoms. The van der Waals surface area contributed by atoms with Gasteiger partial charge in [0.2, 0.25) is 0 Å². The van der Waals surface area contributed by atoms with Gasteiger partial charge in [-0.3, -0.25) is 9.69 Å². The van der Waals surface area contributed by atoms with E-state index in [1.807, 2.05) is 6.07 Å². The molecule has 0 fully saturated rings. The first kappa shape index (κ1) is 26.4. The number of nitrogens with zero attached hydrogens (tertiary/aromatic N) is 4. The van der Waals surface area contributed by atoms with Crippen LogP contribution in [-0.4, -0.2) is 52.5 Å². The second-order valence-electron chi connectivity index (χ2n) is 8.62. The number of carbonyl (C=O) groups is 2. The number of rotatable bonds is 5. The summed E-state index contributed by atoms with van der Waals surface area (Å²) in [4.78, 5) is 29.4. The molecule has 1 aliphatic carbocycles. The molecule has 0 aromatic heterocycles. The first-order valence-electron chi connectivity index (χ1n) is 11.2. The third kappa shape index (κ3) is 4.60. The molecule has 0 spiro atoms. The maximum Gasteiger partial charge on any atom is 0.416 e. The van der Waals surface area contributed by atoms with Gasteiger partial charge in [-0.05, 0) is 42.3 Å². The summed E-state index contributed by atoms with van der Waals surface area (Å²) >= 11 is 0. The smallest absolute Gasteiger partial charge is 0.395 e. The fourth-order valence-corrected chi connectivity index (χ4v) is 5.87. The van der Waals surface area contributed by atoms with Crippen LogP contribution in [0.25, 0.3) is 0 Å². The van der Waals surface area contributed by atoms with E-state index in [2.05, 4.69) is 4.36 Å². The van der Waals surface area contributed by atoms with Gasteiger partial charge in [0, 0.05) is 37.5 Å². The molecular formula is C25H23F3N4O4S. The topological polar surface area (TPSA) is 114 Å². The van der Waals surface area contributed by atoms with Gasteiger partial charge in [0.1, 0.15) is 0 Å². The fourth-order valence-electron chi connectivity index (χ4n) is 4.71. The number of anilines is 1. The number of allylic oxidation sites excluding steroid dienone is 1. The molecule has 0 saturated heterocycles. The highest BCUT2D eigenvalue weighted by Gasteiger charge is 2.47. The number of hydrogen-bond acceptors (Lipinski definition) is 6. The zero-order valence-electron chi connectivity index (χ0n) is 20.0. The number of aliphatic hydroxyl groups excluding tert-OH is 1. The normalized spacial score (nSPS) is 19.5. The third-order valence-electron chi connectivity index (χ3n) is 6.46. The molecule has 0 radical (unpaired) electrons. The van der Waals surface area contributed by atoms with Crippen LogP contribution in [0, 0.1) is 11.3 Å². The number of amides is 2. The van der Waals surface area contributed by atoms with E-state index in [0.717, 1.165) is 17.0 Å². The summed E-state index contributed by atoms with van der Waals surface area (Å²) in [7, 11) is -1.70. The van der Waals surface area contributed by atoms with E-state index in [1.54, 1.807) is 0 Å². The Morgan fingerprint density at radius 3 is 2.54 bits per heavy atom. The molecule has 2 aromatic carbocycles. The van der Waals surface area contributed by atoms with Crippen molar-refractivity contribution in [2.75, 3.05) is 31.4 Å². The van der Waals surface area contributed by atoms with E-state index in [9.17, 15) is 37.3 Å². The van der Waals surface area contributed by atoms with Crippen molar-refractivity contribution in [1.82, 2.24) is 4.90 Å². The lowest BCUT2D eigenvalue weighted by molar-refractivity contribution is -0.137. The molecule has 4 rings (SSSR count). The van der Waals surface area contributed by atoms with Gasteiger partial charge in [0.15, 0.2) is 5.78 Å². The Kier molecular flexibility index (Phi) is 6.87. The quantitative estimate of drug-likeness (QED) is 0.618. The maximum atomic E-state index is 13.8. The van der Waals surface area contributed by atoms with Crippen molar-refractivity contribution in [2.45, 2.75) is 30.0 Å². The highest BCUT2D eigenvalue weighted by atomic mass is 32.2. The molecule has 2 amide bonds. The zero-order chi connectivity index (χ0) is 27.1. The predicted molar refractivity (Wildman–Crippen MR) is 129 cm³/mol. The summed E-state index contributed by atoms with van der Waals surface area (Å²) in [5, 5.41) is 19.2. The predicted octanol–water partition coefficient (Wildman–Crippen LogP) is 4.26. The highest BCUT2D eigenvalue weighted by Crippen LogP contribution is 2.46. The lowest BCUT2D eigenvalue weighted by Crippen LogP contribution is -2.51. The van der Waals surface area contributed by atoms with Crippen molar-refractivity contribution in [3.63, 3.8) is 0 Å². The van der Waals surface area contributed by atoms with Crippen molar-refractivity contribution >= 4 is 27.2 Å². The Balaban J connectivity index is 2.00. The van der Waals surface area contributed by atoms with Crippen LogP contribution in [0.5, 0.6) is 0 Å². The standard InChI is InChI=1S/C25H23F3N4O4S/c1-30-37(2,36)21-12-15(14-29)6-7-18(21)23-22-19(8-9-20(22)34)32(24(35)31(23)10-11-33)17-5-3-4-16(13-17)25(26,27)28/h3-7,12-13,23,33H,8-11H2,1-2H3. The molecule has 2 aliphatic rings. The third-order valence-corrected chi connectivity index (χ3v) is 8.32. The molecule has 12 heteroatoms. The number of halogens is 3. The van der Waals surface area contributed by atoms with Gasteiger partial charge < -0.3 is 10.0 Å². The molecule has 0 saturated carbocycles. The summed E-state index contributed by atoms with van der Waals surface area (Å²) in [6, 6.07) is 8.77. The maximum absolute atomic E-state index is 13.8. The second-order valence-corrected chi connectivity index (χ2v) is 11.0. The van der Waals surface area contributed by atoms with Crippen LogP contribution in [-0.2, 0) is 20.7 Å². The van der Waals surface area contributed by atoms with Crippen LogP contribution in [0.15, 0.2) is 63.0 Å². The first-order chi connectivity index (χ1) is 17.4. The van der Waals surface area contributed by atoms with Gasteiger partial charge in [-0.15, -0.1) is 0 Å². The molecule has 2 unspecified atom stereocenters. The van der Waals surface area contributed by atoms with Gasteiger partial charge >= 0.3 is 12.2 Å². The molecule has 0 bridgehead atoms. The Hall–Kier alpha value is -3.69. The molecule has 1 heterocycles. The SMILES string of the molecule is CN=S(C)(=O)c1cc(C#N)ccc1C1C2=C(CCC2=O)N(c2cccc(C(F)(F)F)c2)C(=O)N1CCO. The molecule has 2 aromatic rings. The van der Waals surface area contributed by atoms with Crippen molar-refractivity contribution in [1.29, 1.82) is 5.26 Å². The number of Topliss-reactive ketones (excluding diaryl/α,β-unsaturated/α-hetero) is 1. The number of ketones is 1. The van der Waals surface area contributed by atoms with Gasteiger partial charge in [-0.2, -0.15) is 18.4 Å². The number of alkyl halides is 3. The monoisotopic (exact) mass is 532 g/mol. The van der Waals surface area contributed by atoms with Crippen LogP contribution >= 0.6 is 0 Å². The summed E-state index contributed by atoms with van der Waals surface area (Å²) in [6.45, 7) is -0.753. The lowest BCUT2D eigenvalue weighted by Gasteiger charge is -2.42. The van der Waals surface area contributed by atoms with Gasteiger partial charge in [-0.1, -0.05) is 12.1 Å². The molecule has 194 valence electrons. The Bertz CT molecular complexity index is 1490. The number of aliphatic hydroxyl groups is 1. The highest BCUT2D eigenvalue weighted by molar-refractivity contribution is 7.93. The Labute approximate surface area is 211 Å². The number of benzene rings is 2. The summed E-state index contributed by atoms with van der Waals surface area (Å²) in [5.41, 5.74) is -0.102. The number of carbonyl (C=O) groups excluding carboxylic acids is 2. The average Bonchev–Trinajstić information content (AvgIpc) is 3.24. The van der Waals surface area contributed by atoms with E-state index >= 15 is 0 Å². The number of nitriles is 1. The van der Waals surface area contributed by atoms with Gasteiger partial charge in [0.05, 0.1) is 50.2 Å². The summed E-state index contributed by atoms with van der Waals surface area (Å²) < 4.78 is 57.6. The Morgan fingerprint density at radius 1 is 1.19 bits per heavy atom. The van der Waals surface area contributed by atoms with Crippen molar-refractivity contribution in [2.24, 2.45) is 4.36 Å². The van der Waals surface area contributed by atoms with E-state index in [4.69, 9.17) is 0 Å². The van der Waals surface area contributed by atoms with Crippen LogP contribution in [0.3, 0.4) is 0 Å². The van der Waals surface area contributed by atoms with Crippen LogP contribution in [0.4, 0.5) is 23.7 Å². The van der Waals surface area contributed by atoms with Crippen LogP contribution in [0.2, 0.25) is 0 Å². The molecule has 8 nitrogen and oxygen atoms in total. The Morgan fingerprint density at radius 2 is 1.92 bits per heavy atom. The molecule has 2 atom stereocenters. The summed E-state index contributed by atoms with van der Waals surface area (Å²) in [5.74, 6) is -0.321. The van der Waals surface area contributed by atoms with E-state index < -0.39 is 40.1 Å². The lowest BCUT2D eigenvalue weighted by atomic mass is 9.92. The van der Waals surface area contributed by atoms with Crippen molar-refractivity contribution < 1.29 is 32.1 Å². The van der Waals surface area contributed by atoms with E-state index in [-0.39, 0.29) is 52.6 Å². The minimum atomic E-state index is -4.65. The largest absolute Gasteiger partial charge is 0.416 e. The molecule has 1 N–H and O–H groups in total. The molecule has 1 aliphatic heterocycles. The summed E-state index contributed by atoms with van der Waals surface area (Å²) in [6.07, 6.45) is -3.13. The average molecular weight is 533 g/mol. The fraction of sp³-hybridized carbons (Fsp3) is 0.320. The van der Waals surface area contributed by atoms with E-state index in [1.165, 1.54) is 48.5 Å². The van der Waals surface area contributed by atoms with E-state index in [0.29, 0.717) is 5.56 Å². The number of urea groups is 1. The van der Waals surface area contributed by atoms with Gasteiger partial charge in [-0.25, -0.2) is 13.4 Å². The van der Waals surface area contributed by atoms with Gasteiger partial charge in [0.25, 0.3) is 0 Å². The first-order valence-corrected chi connectivity index (χ1v) is 13.2. The van der Waals surface area contributed by atoms with Crippen molar-refractivity contribution in [3.8, 4) is 6.07 Å². The second kappa shape index (κ2) is 9.64. The number of β-amino-alcohol motifs (C(OH)–C–C–N with tert-alkyl or cyclic N) is 1. The zero-order valence-corrected chi connectivity index (χ0v) is 20.8. The molecular weight excluding hydrogens is 509 g/mol. The minimum Gasteiger partial charge on any atom is -0.395 e. The number of hydrogen-bond donors (Lipinski definition) is 1.